The van der Waals surface area contributed by atoms with Gasteiger partial charge in [-0.25, -0.2) is 0 Å². The van der Waals surface area contributed by atoms with Crippen molar-refractivity contribution in [1.29, 1.82) is 0 Å². The third-order valence-corrected chi connectivity index (χ3v) is 11.4. The first-order valence-electron chi connectivity index (χ1n) is 14.9. The second-order valence-electron chi connectivity index (χ2n) is 13.3. The second kappa shape index (κ2) is 9.62. The first-order valence-corrected chi connectivity index (χ1v) is 14.9. The van der Waals surface area contributed by atoms with Crippen LogP contribution in [-0.2, 0) is 9.59 Å². The van der Waals surface area contributed by atoms with Gasteiger partial charge in [0.1, 0.15) is 5.78 Å². The average molecular weight is 513 g/mol. The Morgan fingerprint density at radius 2 is 1.74 bits per heavy atom. The molecular weight excluding hydrogens is 468 g/mol. The van der Waals surface area contributed by atoms with Gasteiger partial charge in [0.25, 0.3) is 0 Å². The van der Waals surface area contributed by atoms with E-state index < -0.39 is 0 Å². The third-order valence-electron chi connectivity index (χ3n) is 11.4. The predicted molar refractivity (Wildman–Crippen MR) is 155 cm³/mol. The van der Waals surface area contributed by atoms with Gasteiger partial charge in [-0.3, -0.25) is 14.5 Å². The maximum atomic E-state index is 13.8. The molecule has 0 radical (unpaired) electrons. The SMILES string of the molecule is C=C(C)c1ccc(N2CCN(CC(=O)C3CCC4C5CCC6=CC(=O)C=CC6(C)C5CCC34C)CC2)cc1. The van der Waals surface area contributed by atoms with Crippen molar-refractivity contribution in [2.75, 3.05) is 37.6 Å². The highest BCUT2D eigenvalue weighted by Crippen LogP contribution is 2.66. The maximum absolute atomic E-state index is 13.8. The minimum Gasteiger partial charge on any atom is -0.369 e. The van der Waals surface area contributed by atoms with Crippen molar-refractivity contribution >= 4 is 22.8 Å². The Hall–Kier alpha value is -2.46. The molecule has 6 atom stereocenters. The zero-order valence-electron chi connectivity index (χ0n) is 23.5. The highest BCUT2D eigenvalue weighted by atomic mass is 16.1. The molecule has 1 aliphatic heterocycles. The molecule has 1 aromatic carbocycles. The van der Waals surface area contributed by atoms with Gasteiger partial charge in [0.15, 0.2) is 5.78 Å². The fourth-order valence-corrected chi connectivity index (χ4v) is 9.18. The molecule has 0 aromatic heterocycles. The Labute approximate surface area is 228 Å². The van der Waals surface area contributed by atoms with Crippen molar-refractivity contribution in [3.8, 4) is 0 Å². The Balaban J connectivity index is 1.08. The number of piperazine rings is 1. The van der Waals surface area contributed by atoms with Gasteiger partial charge in [-0.1, -0.05) is 49.8 Å². The van der Waals surface area contributed by atoms with Crippen molar-refractivity contribution in [3.05, 3.63) is 60.2 Å². The first kappa shape index (κ1) is 25.8. The molecule has 4 heteroatoms. The van der Waals surface area contributed by atoms with Crippen LogP contribution in [0.5, 0.6) is 0 Å². The van der Waals surface area contributed by atoms with Gasteiger partial charge in [0.05, 0.1) is 6.54 Å². The van der Waals surface area contributed by atoms with E-state index >= 15 is 0 Å². The van der Waals surface area contributed by atoms with E-state index in [0.29, 0.717) is 30.1 Å². The molecule has 1 saturated heterocycles. The lowest BCUT2D eigenvalue weighted by atomic mass is 9.47. The van der Waals surface area contributed by atoms with Crippen LogP contribution in [0.15, 0.2) is 54.6 Å². The number of hydrogen-bond acceptors (Lipinski definition) is 4. The summed E-state index contributed by atoms with van der Waals surface area (Å²) in [5.41, 5.74) is 5.08. The summed E-state index contributed by atoms with van der Waals surface area (Å²) >= 11 is 0. The van der Waals surface area contributed by atoms with Gasteiger partial charge in [0.2, 0.25) is 0 Å². The number of hydrogen-bond donors (Lipinski definition) is 0. The fourth-order valence-electron chi connectivity index (χ4n) is 9.18. The minimum atomic E-state index is 0.0325. The van der Waals surface area contributed by atoms with E-state index in [0.717, 1.165) is 51.0 Å². The Bertz CT molecular complexity index is 1190. The topological polar surface area (TPSA) is 40.6 Å². The number of nitrogens with zero attached hydrogens (tertiary/aromatic N) is 2. The number of ketones is 2. The van der Waals surface area contributed by atoms with Crippen LogP contribution in [0.25, 0.3) is 5.57 Å². The van der Waals surface area contributed by atoms with E-state index in [4.69, 9.17) is 0 Å². The molecule has 4 nitrogen and oxygen atoms in total. The molecule has 3 saturated carbocycles. The molecule has 4 fully saturated rings. The number of benzene rings is 1. The molecule has 0 bridgehead atoms. The molecular formula is C34H44N2O2. The van der Waals surface area contributed by atoms with Crippen molar-refractivity contribution in [1.82, 2.24) is 4.90 Å². The van der Waals surface area contributed by atoms with E-state index in [2.05, 4.69) is 60.6 Å². The van der Waals surface area contributed by atoms with Crippen LogP contribution in [0.1, 0.15) is 64.9 Å². The number of rotatable bonds is 5. The quantitative estimate of drug-likeness (QED) is 0.462. The number of Topliss-reactive ketones (excluding diaryl/α,β-unsaturated/α-hetero) is 1. The number of anilines is 1. The summed E-state index contributed by atoms with van der Waals surface area (Å²) in [5, 5.41) is 0. The van der Waals surface area contributed by atoms with Crippen LogP contribution in [0.3, 0.4) is 0 Å². The predicted octanol–water partition coefficient (Wildman–Crippen LogP) is 6.33. The highest BCUT2D eigenvalue weighted by molar-refractivity contribution is 6.01. The molecule has 6 unspecified atom stereocenters. The standard InChI is InChI=1S/C34H44N2O2/c1-23(2)24-5-8-26(9-6-24)36-19-17-35(18-20-36)22-32(38)31-12-11-29-28-10-7-25-21-27(37)13-15-33(25,3)30(28)14-16-34(29,31)4/h5-6,8-9,13,15,21,28-31H,1,7,10-12,14,16-20,22H2,2-4H3. The molecule has 5 aliphatic rings. The Morgan fingerprint density at radius 1 is 1.00 bits per heavy atom. The van der Waals surface area contributed by atoms with Crippen LogP contribution in [0, 0.1) is 34.5 Å². The molecule has 1 aromatic rings. The van der Waals surface area contributed by atoms with Crippen LogP contribution in [0.2, 0.25) is 0 Å². The van der Waals surface area contributed by atoms with Crippen molar-refractivity contribution in [3.63, 3.8) is 0 Å². The molecule has 0 spiro atoms. The first-order chi connectivity index (χ1) is 18.2. The van der Waals surface area contributed by atoms with Crippen LogP contribution in [-0.4, -0.2) is 49.2 Å². The van der Waals surface area contributed by atoms with Crippen LogP contribution < -0.4 is 4.90 Å². The molecule has 0 N–H and O–H groups in total. The number of carbonyl (C=O) groups is 2. The molecule has 1 heterocycles. The summed E-state index contributed by atoms with van der Waals surface area (Å²) in [7, 11) is 0. The monoisotopic (exact) mass is 512 g/mol. The Morgan fingerprint density at radius 3 is 2.45 bits per heavy atom. The molecule has 0 amide bonds. The molecule has 6 rings (SSSR count). The van der Waals surface area contributed by atoms with Crippen LogP contribution in [0.4, 0.5) is 5.69 Å². The lowest BCUT2D eigenvalue weighted by molar-refractivity contribution is -0.130. The van der Waals surface area contributed by atoms with Crippen molar-refractivity contribution < 1.29 is 9.59 Å². The Kier molecular flexibility index (Phi) is 6.53. The van der Waals surface area contributed by atoms with E-state index in [1.807, 2.05) is 13.0 Å². The van der Waals surface area contributed by atoms with E-state index in [1.54, 1.807) is 6.08 Å². The van der Waals surface area contributed by atoms with Gasteiger partial charge in [-0.05, 0) is 98.5 Å². The number of carbonyl (C=O) groups excluding carboxylic acids is 2. The zero-order valence-corrected chi connectivity index (χ0v) is 23.5. The minimum absolute atomic E-state index is 0.0325. The van der Waals surface area contributed by atoms with Crippen LogP contribution >= 0.6 is 0 Å². The maximum Gasteiger partial charge on any atom is 0.178 e. The van der Waals surface area contributed by atoms with Gasteiger partial charge < -0.3 is 4.90 Å². The summed E-state index contributed by atoms with van der Waals surface area (Å²) in [6, 6.07) is 8.72. The van der Waals surface area contributed by atoms with Crippen molar-refractivity contribution in [2.45, 2.75) is 59.3 Å². The van der Waals surface area contributed by atoms with Gasteiger partial charge in [-0.15, -0.1) is 0 Å². The van der Waals surface area contributed by atoms with Gasteiger partial charge in [-0.2, -0.15) is 0 Å². The second-order valence-corrected chi connectivity index (χ2v) is 13.3. The lowest BCUT2D eigenvalue weighted by Gasteiger charge is -2.57. The van der Waals surface area contributed by atoms with E-state index in [9.17, 15) is 9.59 Å². The summed E-state index contributed by atoms with van der Waals surface area (Å²) in [4.78, 5) is 30.7. The normalized spacial score (nSPS) is 36.8. The van der Waals surface area contributed by atoms with E-state index in [1.165, 1.54) is 36.1 Å². The fraction of sp³-hybridized carbons (Fsp3) is 0.588. The highest BCUT2D eigenvalue weighted by Gasteiger charge is 2.59. The third kappa shape index (κ3) is 4.24. The van der Waals surface area contributed by atoms with E-state index in [-0.39, 0.29) is 22.5 Å². The van der Waals surface area contributed by atoms with Gasteiger partial charge in [0, 0.05) is 43.2 Å². The number of fused-ring (bicyclic) bond motifs is 5. The molecule has 4 aliphatic carbocycles. The molecule has 202 valence electrons. The summed E-state index contributed by atoms with van der Waals surface area (Å²) in [5.74, 6) is 2.76. The number of allylic oxidation sites excluding steroid dienone is 5. The average Bonchev–Trinajstić information content (AvgIpc) is 3.27. The van der Waals surface area contributed by atoms with Gasteiger partial charge >= 0.3 is 0 Å². The summed E-state index contributed by atoms with van der Waals surface area (Å²) in [6.45, 7) is 15.4. The largest absolute Gasteiger partial charge is 0.369 e. The summed E-state index contributed by atoms with van der Waals surface area (Å²) < 4.78 is 0. The molecule has 38 heavy (non-hydrogen) atoms. The zero-order chi connectivity index (χ0) is 26.7. The lowest BCUT2D eigenvalue weighted by Crippen LogP contribution is -2.52. The van der Waals surface area contributed by atoms with Crippen molar-refractivity contribution in [2.24, 2.45) is 34.5 Å². The smallest absolute Gasteiger partial charge is 0.178 e. The summed E-state index contributed by atoms with van der Waals surface area (Å²) in [6.07, 6.45) is 12.7.